The van der Waals surface area contributed by atoms with Crippen molar-refractivity contribution in [2.45, 2.75) is 7.43 Å². The Kier molecular flexibility index (Phi) is 8.23. The van der Waals surface area contributed by atoms with Crippen molar-refractivity contribution in [3.63, 3.8) is 0 Å². The molecule has 14 nitrogen and oxygen atoms in total. The number of ether oxygens (including phenoxy) is 2. The molecule has 0 aliphatic rings. The molecule has 2 N–H and O–H groups in total. The van der Waals surface area contributed by atoms with Gasteiger partial charge >= 0.3 is 0 Å². The highest BCUT2D eigenvalue weighted by molar-refractivity contribution is 5.98. The molecule has 206 valence electrons. The van der Waals surface area contributed by atoms with Gasteiger partial charge in [-0.15, -0.1) is 0 Å². The third-order valence-corrected chi connectivity index (χ3v) is 5.54. The van der Waals surface area contributed by atoms with Crippen LogP contribution in [0.3, 0.4) is 0 Å². The molecular formula is C27H21N7O7. The van der Waals surface area contributed by atoms with E-state index >= 15 is 0 Å². The van der Waals surface area contributed by atoms with Crippen LogP contribution in [0.1, 0.15) is 17.9 Å². The van der Waals surface area contributed by atoms with Gasteiger partial charge in [0.25, 0.3) is 11.4 Å². The number of nitrogens with one attached hydrogen (secondary N) is 2. The fourth-order valence-electron chi connectivity index (χ4n) is 3.68. The lowest BCUT2D eigenvalue weighted by Crippen LogP contribution is -1.92. The molecule has 2 aromatic carbocycles. The first kappa shape index (κ1) is 27.8. The van der Waals surface area contributed by atoms with Crippen molar-refractivity contribution >= 4 is 39.5 Å². The summed E-state index contributed by atoms with van der Waals surface area (Å²) in [5.74, 6) is 1.55. The molecule has 0 saturated heterocycles. The number of aldehydes is 1. The molecule has 4 heterocycles. The SMILES string of the molecule is C.O=Cc1[nH]nc2cccc(Oc3ccc([N+](=O)[O-])cn3)c12.O=[N+]([O-])c1ccc(Oc2cccc3[nH]ccc23)nc1. The van der Waals surface area contributed by atoms with E-state index in [1.54, 1.807) is 18.2 Å². The van der Waals surface area contributed by atoms with Gasteiger partial charge in [-0.05, 0) is 30.3 Å². The van der Waals surface area contributed by atoms with Gasteiger partial charge in [0.1, 0.15) is 29.6 Å². The number of rotatable bonds is 7. The Balaban J connectivity index is 0.000000185. The summed E-state index contributed by atoms with van der Waals surface area (Å²) in [6.07, 6.45) is 4.74. The molecule has 41 heavy (non-hydrogen) atoms. The molecule has 0 saturated carbocycles. The molecule has 4 aromatic heterocycles. The summed E-state index contributed by atoms with van der Waals surface area (Å²) in [5, 5.41) is 29.2. The van der Waals surface area contributed by atoms with E-state index in [1.165, 1.54) is 30.5 Å². The second-order valence-corrected chi connectivity index (χ2v) is 8.03. The van der Waals surface area contributed by atoms with E-state index < -0.39 is 9.85 Å². The zero-order valence-electron chi connectivity index (χ0n) is 20.3. The largest absolute Gasteiger partial charge is 0.438 e. The summed E-state index contributed by atoms with van der Waals surface area (Å²) in [7, 11) is 0. The van der Waals surface area contributed by atoms with Crippen LogP contribution >= 0.6 is 0 Å². The Morgan fingerprint density at radius 1 is 0.780 bits per heavy atom. The quantitative estimate of drug-likeness (QED) is 0.127. The van der Waals surface area contributed by atoms with E-state index in [2.05, 4.69) is 25.1 Å². The average Bonchev–Trinajstić information content (AvgIpc) is 3.62. The van der Waals surface area contributed by atoms with Crippen LogP contribution in [-0.4, -0.2) is 41.3 Å². The Hall–Kier alpha value is -6.18. The van der Waals surface area contributed by atoms with Crippen LogP contribution in [0.15, 0.2) is 85.3 Å². The molecule has 0 amide bonds. The molecule has 0 spiro atoms. The molecule has 0 unspecified atom stereocenters. The molecule has 6 aromatic rings. The van der Waals surface area contributed by atoms with E-state index in [0.29, 0.717) is 40.3 Å². The predicted molar refractivity (Wildman–Crippen MR) is 148 cm³/mol. The number of aromatic amines is 2. The minimum Gasteiger partial charge on any atom is -0.438 e. The Morgan fingerprint density at radius 3 is 1.98 bits per heavy atom. The van der Waals surface area contributed by atoms with Gasteiger partial charge in [0.15, 0.2) is 6.29 Å². The van der Waals surface area contributed by atoms with Crippen molar-refractivity contribution in [2.75, 3.05) is 0 Å². The smallest absolute Gasteiger partial charge is 0.287 e. The molecule has 14 heteroatoms. The second-order valence-electron chi connectivity index (χ2n) is 8.03. The van der Waals surface area contributed by atoms with Crippen LogP contribution in [0.25, 0.3) is 21.8 Å². The van der Waals surface area contributed by atoms with Gasteiger partial charge in [0.2, 0.25) is 11.8 Å². The topological polar surface area (TPSA) is 192 Å². The van der Waals surface area contributed by atoms with Crippen LogP contribution in [0, 0.1) is 20.2 Å². The molecule has 6 rings (SSSR count). The van der Waals surface area contributed by atoms with Crippen LogP contribution in [0.4, 0.5) is 11.4 Å². The monoisotopic (exact) mass is 555 g/mol. The van der Waals surface area contributed by atoms with Crippen LogP contribution in [-0.2, 0) is 0 Å². The van der Waals surface area contributed by atoms with Crippen molar-refractivity contribution in [2.24, 2.45) is 0 Å². The highest BCUT2D eigenvalue weighted by Crippen LogP contribution is 2.31. The summed E-state index contributed by atoms with van der Waals surface area (Å²) in [6.45, 7) is 0. The summed E-state index contributed by atoms with van der Waals surface area (Å²) in [5.41, 5.74) is 1.64. The maximum atomic E-state index is 11.0. The first-order valence-corrected chi connectivity index (χ1v) is 11.5. The van der Waals surface area contributed by atoms with E-state index in [4.69, 9.17) is 9.47 Å². The number of hydrogen-bond donors (Lipinski definition) is 2. The number of nitro groups is 2. The number of pyridine rings is 2. The highest BCUT2D eigenvalue weighted by Gasteiger charge is 2.13. The van der Waals surface area contributed by atoms with E-state index in [0.717, 1.165) is 17.1 Å². The number of H-pyrrole nitrogens is 2. The zero-order chi connectivity index (χ0) is 28.1. The lowest BCUT2D eigenvalue weighted by atomic mass is 10.2. The van der Waals surface area contributed by atoms with Gasteiger partial charge in [0.05, 0.1) is 20.7 Å². The number of fused-ring (bicyclic) bond motifs is 2. The zero-order valence-corrected chi connectivity index (χ0v) is 20.3. The van der Waals surface area contributed by atoms with Crippen molar-refractivity contribution in [1.82, 2.24) is 25.1 Å². The lowest BCUT2D eigenvalue weighted by molar-refractivity contribution is -0.385. The number of hydrogen-bond acceptors (Lipinski definition) is 10. The van der Waals surface area contributed by atoms with Gasteiger partial charge in [-0.2, -0.15) is 5.10 Å². The molecule has 0 aliphatic heterocycles. The molecule has 0 bridgehead atoms. The number of carbonyl (C=O) groups excluding carboxylic acids is 1. The third-order valence-electron chi connectivity index (χ3n) is 5.54. The van der Waals surface area contributed by atoms with E-state index in [1.807, 2.05) is 30.5 Å². The van der Waals surface area contributed by atoms with Gasteiger partial charge in [-0.25, -0.2) is 9.97 Å². The highest BCUT2D eigenvalue weighted by atomic mass is 16.6. The maximum Gasteiger partial charge on any atom is 0.287 e. The van der Waals surface area contributed by atoms with Crippen LogP contribution in [0.2, 0.25) is 0 Å². The maximum absolute atomic E-state index is 11.0. The number of aromatic nitrogens is 5. The Morgan fingerprint density at radius 2 is 1.39 bits per heavy atom. The Labute approximate surface area is 230 Å². The van der Waals surface area contributed by atoms with Crippen molar-refractivity contribution < 1.29 is 24.1 Å². The predicted octanol–water partition coefficient (Wildman–Crippen LogP) is 6.37. The van der Waals surface area contributed by atoms with Gasteiger partial charge in [-0.1, -0.05) is 19.6 Å². The minimum atomic E-state index is -0.544. The van der Waals surface area contributed by atoms with E-state index in [9.17, 15) is 25.0 Å². The van der Waals surface area contributed by atoms with Crippen molar-refractivity contribution in [1.29, 1.82) is 0 Å². The molecule has 0 radical (unpaired) electrons. The molecular weight excluding hydrogens is 534 g/mol. The van der Waals surface area contributed by atoms with E-state index in [-0.39, 0.29) is 24.7 Å². The first-order valence-electron chi connectivity index (χ1n) is 11.5. The van der Waals surface area contributed by atoms with Gasteiger partial charge in [0, 0.05) is 41.4 Å². The summed E-state index contributed by atoms with van der Waals surface area (Å²) >= 11 is 0. The van der Waals surface area contributed by atoms with Crippen LogP contribution < -0.4 is 9.47 Å². The fourth-order valence-corrected chi connectivity index (χ4v) is 3.68. The lowest BCUT2D eigenvalue weighted by Gasteiger charge is -2.05. The third kappa shape index (κ3) is 6.12. The normalized spacial score (nSPS) is 10.2. The standard InChI is InChI=1S/C13H8N4O4.C13H9N3O3.CH4/c18-7-10-13-9(15-16-10)2-1-3-11(13)21-12-5-4-8(6-14-12)17(19)20;17-16(18)9-4-5-13(15-8-9)19-12-3-1-2-11-10(12)6-7-14-11;/h1-7H,(H,15,16);1-8,14H;1H4. The number of nitrogens with zero attached hydrogens (tertiary/aromatic N) is 5. The Bertz CT molecular complexity index is 1830. The second kappa shape index (κ2) is 12.1. The van der Waals surface area contributed by atoms with Crippen molar-refractivity contribution in [3.8, 4) is 23.3 Å². The average molecular weight is 556 g/mol. The molecule has 0 aliphatic carbocycles. The summed E-state index contributed by atoms with van der Waals surface area (Å²) in [4.78, 5) is 41.9. The number of benzene rings is 2. The fraction of sp³-hybridized carbons (Fsp3) is 0.0370. The number of carbonyl (C=O) groups is 1. The molecule has 0 atom stereocenters. The minimum absolute atomic E-state index is 0. The van der Waals surface area contributed by atoms with Gasteiger partial charge in [-0.3, -0.25) is 30.1 Å². The molecule has 0 fully saturated rings. The van der Waals surface area contributed by atoms with Crippen LogP contribution in [0.5, 0.6) is 23.3 Å². The summed E-state index contributed by atoms with van der Waals surface area (Å²) < 4.78 is 11.2. The first-order chi connectivity index (χ1) is 19.4. The van der Waals surface area contributed by atoms with Crippen molar-refractivity contribution in [3.05, 3.63) is 111 Å². The van der Waals surface area contributed by atoms with Gasteiger partial charge < -0.3 is 14.5 Å². The summed E-state index contributed by atoms with van der Waals surface area (Å²) in [6, 6.07) is 18.1.